The Labute approximate surface area is 219 Å². The van der Waals surface area contributed by atoms with Crippen molar-refractivity contribution < 1.29 is 0 Å². The Morgan fingerprint density at radius 1 is 0.838 bits per heavy atom. The van der Waals surface area contributed by atoms with Gasteiger partial charge in [0.25, 0.3) is 0 Å². The van der Waals surface area contributed by atoms with Crippen molar-refractivity contribution in [3.05, 3.63) is 144 Å². The van der Waals surface area contributed by atoms with Gasteiger partial charge in [-0.3, -0.25) is 4.90 Å². The van der Waals surface area contributed by atoms with Crippen LogP contribution >= 0.6 is 0 Å². The van der Waals surface area contributed by atoms with Crippen molar-refractivity contribution in [1.82, 2.24) is 4.90 Å². The molecule has 4 aromatic carbocycles. The van der Waals surface area contributed by atoms with Crippen LogP contribution < -0.4 is 0 Å². The van der Waals surface area contributed by atoms with E-state index in [1.165, 1.54) is 5.57 Å². The number of benzene rings is 4. The van der Waals surface area contributed by atoms with Crippen LogP contribution in [0.4, 0.5) is 0 Å². The topological polar surface area (TPSA) is 50.8 Å². The summed E-state index contributed by atoms with van der Waals surface area (Å²) in [5.74, 6) is 0. The third-order valence-electron chi connectivity index (χ3n) is 6.40. The number of allylic oxidation sites excluding steroid dienone is 3. The molecule has 4 rings (SSSR count). The molecule has 0 aliphatic rings. The zero-order chi connectivity index (χ0) is 26.0. The predicted molar refractivity (Wildman–Crippen MR) is 152 cm³/mol. The number of rotatable bonds is 9. The van der Waals surface area contributed by atoms with Gasteiger partial charge in [-0.2, -0.15) is 10.5 Å². The van der Waals surface area contributed by atoms with Crippen molar-refractivity contribution in [2.24, 2.45) is 0 Å². The van der Waals surface area contributed by atoms with Gasteiger partial charge in [-0.25, -0.2) is 0 Å². The van der Waals surface area contributed by atoms with E-state index in [1.54, 1.807) is 6.08 Å². The minimum atomic E-state index is 0.658. The van der Waals surface area contributed by atoms with Gasteiger partial charge in [0.2, 0.25) is 0 Å². The van der Waals surface area contributed by atoms with E-state index in [0.717, 1.165) is 46.1 Å². The lowest BCUT2D eigenvalue weighted by atomic mass is 9.93. The molecular weight excluding hydrogens is 450 g/mol. The quantitative estimate of drug-likeness (QED) is 0.229. The summed E-state index contributed by atoms with van der Waals surface area (Å²) in [5, 5.41) is 21.3. The molecular formula is C34H29N3. The molecule has 0 saturated heterocycles. The highest BCUT2D eigenvalue weighted by atomic mass is 15.1. The maximum Gasteiger partial charge on any atom is 0.0998 e. The summed E-state index contributed by atoms with van der Waals surface area (Å²) >= 11 is 0. The highest BCUT2D eigenvalue weighted by Crippen LogP contribution is 2.32. The van der Waals surface area contributed by atoms with Crippen LogP contribution in [0, 0.1) is 22.7 Å². The number of hydrogen-bond acceptors (Lipinski definition) is 3. The van der Waals surface area contributed by atoms with Gasteiger partial charge in [0.15, 0.2) is 0 Å². The smallest absolute Gasteiger partial charge is 0.0998 e. The molecule has 180 valence electrons. The molecule has 4 aromatic rings. The first-order valence-corrected chi connectivity index (χ1v) is 12.3. The molecule has 37 heavy (non-hydrogen) atoms. The number of fused-ring (bicyclic) bond motifs is 1. The van der Waals surface area contributed by atoms with Gasteiger partial charge in [0, 0.05) is 25.2 Å². The minimum Gasteiger partial charge on any atom is -0.291 e. The molecule has 0 aliphatic heterocycles. The van der Waals surface area contributed by atoms with Crippen molar-refractivity contribution in [2.75, 3.05) is 6.54 Å². The molecule has 3 heteroatoms. The van der Waals surface area contributed by atoms with Gasteiger partial charge in [-0.05, 0) is 64.2 Å². The molecule has 0 amide bonds. The van der Waals surface area contributed by atoms with E-state index in [4.69, 9.17) is 5.26 Å². The number of nitrogens with zero attached hydrogens (tertiary/aromatic N) is 3. The Morgan fingerprint density at radius 2 is 1.57 bits per heavy atom. The van der Waals surface area contributed by atoms with Crippen LogP contribution in [0.1, 0.15) is 29.2 Å². The van der Waals surface area contributed by atoms with Crippen molar-refractivity contribution in [2.45, 2.75) is 20.0 Å². The van der Waals surface area contributed by atoms with E-state index in [9.17, 15) is 5.26 Å². The fourth-order valence-electron chi connectivity index (χ4n) is 4.53. The predicted octanol–water partition coefficient (Wildman–Crippen LogP) is 7.94. The van der Waals surface area contributed by atoms with Gasteiger partial charge < -0.3 is 0 Å². The van der Waals surface area contributed by atoms with E-state index >= 15 is 0 Å². The largest absolute Gasteiger partial charge is 0.291 e. The van der Waals surface area contributed by atoms with Gasteiger partial charge in [0.1, 0.15) is 0 Å². The fraction of sp³-hybridized carbons (Fsp3) is 0.118. The minimum absolute atomic E-state index is 0.658. The fourth-order valence-corrected chi connectivity index (χ4v) is 4.53. The van der Waals surface area contributed by atoms with Gasteiger partial charge in [-0.15, -0.1) is 0 Å². The molecule has 0 N–H and O–H groups in total. The molecule has 0 atom stereocenters. The van der Waals surface area contributed by atoms with Gasteiger partial charge in [0.05, 0.1) is 23.3 Å². The zero-order valence-electron chi connectivity index (χ0n) is 21.1. The molecule has 0 saturated carbocycles. The third-order valence-corrected chi connectivity index (χ3v) is 6.40. The first kappa shape index (κ1) is 25.4. The summed E-state index contributed by atoms with van der Waals surface area (Å²) in [5.41, 5.74) is 6.82. The molecule has 0 radical (unpaired) electrons. The van der Waals surface area contributed by atoms with E-state index < -0.39 is 0 Å². The van der Waals surface area contributed by atoms with Crippen LogP contribution in [0.2, 0.25) is 0 Å². The monoisotopic (exact) mass is 479 g/mol. The van der Waals surface area contributed by atoms with Crippen molar-refractivity contribution in [3.63, 3.8) is 0 Å². The Kier molecular flexibility index (Phi) is 8.45. The molecule has 0 aliphatic carbocycles. The first-order valence-electron chi connectivity index (χ1n) is 12.3. The Hall–Kier alpha value is -4.70. The van der Waals surface area contributed by atoms with E-state index in [-0.39, 0.29) is 0 Å². The number of hydrogen-bond donors (Lipinski definition) is 0. The zero-order valence-corrected chi connectivity index (χ0v) is 21.1. The average molecular weight is 480 g/mol. The highest BCUT2D eigenvalue weighted by molar-refractivity contribution is 5.97. The van der Waals surface area contributed by atoms with Crippen molar-refractivity contribution in [1.29, 1.82) is 10.5 Å². The summed E-state index contributed by atoms with van der Waals surface area (Å²) in [6, 6.07) is 33.0. The lowest BCUT2D eigenvalue weighted by molar-refractivity contribution is 0.281. The lowest BCUT2D eigenvalue weighted by Crippen LogP contribution is -2.25. The standard InChI is InChI=1S/C34H29N3/c1-3-5-9-26(4-2)23-37(24-28-16-14-27(21-35)15-17-28)25-29-18-19-31(22-36)34(20-29)33-13-8-11-30-10-6-7-12-32(30)33/h3-20H,1,23-25H2,2H3/b9-5-,26-4+. The maximum absolute atomic E-state index is 9.89. The van der Waals surface area contributed by atoms with Gasteiger partial charge in [-0.1, -0.05) is 91.5 Å². The molecule has 0 unspecified atom stereocenters. The molecule has 0 heterocycles. The van der Waals surface area contributed by atoms with E-state index in [2.05, 4.69) is 66.1 Å². The average Bonchev–Trinajstić information content (AvgIpc) is 2.95. The van der Waals surface area contributed by atoms with Crippen molar-refractivity contribution >= 4 is 10.8 Å². The van der Waals surface area contributed by atoms with Gasteiger partial charge >= 0.3 is 0 Å². The van der Waals surface area contributed by atoms with E-state index in [1.807, 2.05) is 67.6 Å². The summed E-state index contributed by atoms with van der Waals surface area (Å²) in [4.78, 5) is 2.37. The summed E-state index contributed by atoms with van der Waals surface area (Å²) < 4.78 is 0. The SMILES string of the molecule is C=C/C=C\C(=C/C)CN(Cc1ccc(C#N)cc1)Cc1ccc(C#N)c(-c2cccc3ccccc23)c1. The molecule has 3 nitrogen and oxygen atoms in total. The Balaban J connectivity index is 1.70. The summed E-state index contributed by atoms with van der Waals surface area (Å²) in [7, 11) is 0. The number of nitriles is 2. The normalized spacial score (nSPS) is 11.5. The van der Waals surface area contributed by atoms with Crippen LogP contribution in [-0.4, -0.2) is 11.4 Å². The third kappa shape index (κ3) is 6.30. The second-order valence-corrected chi connectivity index (χ2v) is 8.93. The summed E-state index contributed by atoms with van der Waals surface area (Å²) in [6.07, 6.45) is 7.94. The molecule has 0 bridgehead atoms. The van der Waals surface area contributed by atoms with Crippen LogP contribution in [0.3, 0.4) is 0 Å². The Bertz CT molecular complexity index is 1540. The Morgan fingerprint density at radius 3 is 2.30 bits per heavy atom. The van der Waals surface area contributed by atoms with Crippen LogP contribution in [0.5, 0.6) is 0 Å². The molecule has 0 spiro atoms. The highest BCUT2D eigenvalue weighted by Gasteiger charge is 2.13. The van der Waals surface area contributed by atoms with Crippen LogP contribution in [0.25, 0.3) is 21.9 Å². The van der Waals surface area contributed by atoms with Crippen LogP contribution in [-0.2, 0) is 13.1 Å². The van der Waals surface area contributed by atoms with Crippen LogP contribution in [0.15, 0.2) is 121 Å². The lowest BCUT2D eigenvalue weighted by Gasteiger charge is -2.24. The maximum atomic E-state index is 9.89. The first-order chi connectivity index (χ1) is 18.1. The van der Waals surface area contributed by atoms with Crippen molar-refractivity contribution in [3.8, 4) is 23.3 Å². The second-order valence-electron chi connectivity index (χ2n) is 8.93. The summed E-state index contributed by atoms with van der Waals surface area (Å²) in [6.45, 7) is 8.03. The van der Waals surface area contributed by atoms with E-state index in [0.29, 0.717) is 17.7 Å². The molecule has 0 aromatic heterocycles. The second kappa shape index (κ2) is 12.3. The molecule has 0 fully saturated rings.